The maximum Gasteiger partial charge on any atom is 0.704 e. The first kappa shape index (κ1) is 46.8. The molecule has 0 bridgehead atoms. The molecule has 3 aliphatic heterocycles. The Balaban J connectivity index is 1.50. The highest BCUT2D eigenvalue weighted by Gasteiger charge is 2.76. The first-order valence-corrected chi connectivity index (χ1v) is 25.2. The molecule has 6 rings (SSSR count). The highest BCUT2D eigenvalue weighted by Crippen LogP contribution is 2.50. The smallest absolute Gasteiger partial charge is 0.340 e. The van der Waals surface area contributed by atoms with E-state index in [0.29, 0.717) is 12.1 Å². The van der Waals surface area contributed by atoms with Gasteiger partial charge in [-0.05, 0) is 138 Å². The molecule has 4 aliphatic rings. The Kier molecular flexibility index (Phi) is 14.2. The van der Waals surface area contributed by atoms with Crippen LogP contribution >= 0.6 is 0 Å². The van der Waals surface area contributed by atoms with Gasteiger partial charge >= 0.3 is 6.03 Å². The Morgan fingerprint density at radius 1 is 0.583 bits per heavy atom. The number of hydrogen-bond donors (Lipinski definition) is 0. The van der Waals surface area contributed by atoms with Gasteiger partial charge in [0.1, 0.15) is 0 Å². The lowest BCUT2D eigenvalue weighted by atomic mass is 9.69. The number of rotatable bonds is 19. The van der Waals surface area contributed by atoms with Gasteiger partial charge in [-0.1, -0.05) is 89.5 Å². The van der Waals surface area contributed by atoms with Crippen molar-refractivity contribution in [2.45, 2.75) is 208 Å². The van der Waals surface area contributed by atoms with Gasteiger partial charge in [0.15, 0.2) is 23.9 Å². The molecule has 3 unspecified atom stereocenters. The van der Waals surface area contributed by atoms with Gasteiger partial charge in [-0.2, -0.15) is 0 Å². The minimum absolute atomic E-state index is 0.0328. The molecule has 1 saturated heterocycles. The fourth-order valence-electron chi connectivity index (χ4n) is 11.9. The van der Waals surface area contributed by atoms with Crippen molar-refractivity contribution in [1.29, 1.82) is 0 Å². The van der Waals surface area contributed by atoms with Crippen molar-refractivity contribution in [2.75, 3.05) is 52.4 Å². The fourth-order valence-corrected chi connectivity index (χ4v) is 11.9. The molecule has 1 saturated carbocycles. The van der Waals surface area contributed by atoms with Gasteiger partial charge < -0.3 is 18.4 Å². The summed E-state index contributed by atoms with van der Waals surface area (Å²) in [4.78, 5) is 0. The van der Waals surface area contributed by atoms with E-state index in [1.54, 1.807) is 5.56 Å². The number of quaternary nitrogens is 2. The molecule has 1 spiro atoms. The van der Waals surface area contributed by atoms with Crippen molar-refractivity contribution in [2.24, 2.45) is 0 Å². The van der Waals surface area contributed by atoms with Crippen LogP contribution in [0.25, 0.3) is 0 Å². The van der Waals surface area contributed by atoms with E-state index in [1.165, 1.54) is 147 Å². The molecule has 0 amide bonds. The summed E-state index contributed by atoms with van der Waals surface area (Å²) in [6, 6.07) is 9.68. The highest BCUT2D eigenvalue weighted by atomic mass is 16.7. The molecule has 3 heterocycles. The van der Waals surface area contributed by atoms with Crippen molar-refractivity contribution in [1.82, 2.24) is 0 Å². The molecule has 0 radical (unpaired) electrons. The van der Waals surface area contributed by atoms with Crippen LogP contribution in [0.2, 0.25) is 0 Å². The molecule has 3 atom stereocenters. The second kappa shape index (κ2) is 18.2. The first-order chi connectivity index (χ1) is 28.5. The van der Waals surface area contributed by atoms with E-state index in [-0.39, 0.29) is 16.2 Å². The van der Waals surface area contributed by atoms with Gasteiger partial charge in [-0.15, -0.1) is 0 Å². The van der Waals surface area contributed by atoms with Gasteiger partial charge in [-0.3, -0.25) is 0 Å². The summed E-state index contributed by atoms with van der Waals surface area (Å²) in [5.41, 5.74) is 8.05. The van der Waals surface area contributed by atoms with Crippen molar-refractivity contribution in [3.63, 3.8) is 0 Å². The van der Waals surface area contributed by atoms with Crippen LogP contribution in [0.15, 0.2) is 24.3 Å². The third kappa shape index (κ3) is 8.65. The van der Waals surface area contributed by atoms with Gasteiger partial charge in [0.25, 0.3) is 0 Å². The maximum absolute atomic E-state index is 7.63. The van der Waals surface area contributed by atoms with Crippen LogP contribution in [0.5, 0.6) is 11.5 Å². The molecule has 2 aromatic rings. The zero-order chi connectivity index (χ0) is 43.7. The van der Waals surface area contributed by atoms with Crippen LogP contribution in [0.3, 0.4) is 0 Å². The fraction of sp³-hybridized carbons (Fsp3) is 0.741. The predicted octanol–water partition coefficient (Wildman–Crippen LogP) is 11.9. The number of unbranched alkanes of at least 4 members (excludes halogenated alkanes) is 1. The summed E-state index contributed by atoms with van der Waals surface area (Å²) in [6.45, 7) is 43.0. The Labute approximate surface area is 368 Å². The van der Waals surface area contributed by atoms with E-state index >= 15 is 0 Å². The maximum atomic E-state index is 7.63. The van der Waals surface area contributed by atoms with Gasteiger partial charge in [0.2, 0.25) is 12.1 Å². The standard InChI is InChI=1S/C54H90N4O2/c1-15-23-30-53(31-26-33-57(17-3,18-4)19-5,32-27-34-58(20-6,21-7)22-8)45-35-41(16-2)49-42(37-45)39-55-47-28-24-25-29-48(47)56-40-43-36-44(51(9,10)11)38-46(52(12,13)14)50(43)60-54(55,56)59-49/h35-40,47-48H,15-34H2,1-14H3/q+4. The number of aryl methyl sites for hydroxylation is 1. The third-order valence-corrected chi connectivity index (χ3v) is 16.7. The summed E-state index contributed by atoms with van der Waals surface area (Å²) < 4.78 is 22.7. The lowest BCUT2D eigenvalue weighted by molar-refractivity contribution is -0.923. The quantitative estimate of drug-likeness (QED) is 0.104. The van der Waals surface area contributed by atoms with E-state index in [0.717, 1.165) is 30.8 Å². The van der Waals surface area contributed by atoms with Crippen LogP contribution in [-0.4, -0.2) is 101 Å². The predicted molar refractivity (Wildman–Crippen MR) is 254 cm³/mol. The Bertz CT molecular complexity index is 1830. The summed E-state index contributed by atoms with van der Waals surface area (Å²) in [5, 5.41) is 0. The lowest BCUT2D eigenvalue weighted by Gasteiger charge is -2.41. The van der Waals surface area contributed by atoms with Crippen molar-refractivity contribution < 1.29 is 27.6 Å². The molecule has 60 heavy (non-hydrogen) atoms. The summed E-state index contributed by atoms with van der Waals surface area (Å²) in [6.07, 6.45) is 19.5. The Morgan fingerprint density at radius 2 is 1.05 bits per heavy atom. The molecule has 1 aliphatic carbocycles. The lowest BCUT2D eigenvalue weighted by Crippen LogP contribution is -2.60. The normalized spacial score (nSPS) is 21.5. The second-order valence-electron chi connectivity index (χ2n) is 21.7. The zero-order valence-corrected chi connectivity index (χ0v) is 41.4. The van der Waals surface area contributed by atoms with Crippen LogP contribution < -0.4 is 9.47 Å². The van der Waals surface area contributed by atoms with Gasteiger partial charge in [-0.25, -0.2) is 0 Å². The minimum atomic E-state index is -1.03. The zero-order valence-electron chi connectivity index (χ0n) is 41.4. The molecule has 2 aromatic carbocycles. The third-order valence-electron chi connectivity index (χ3n) is 16.7. The number of ether oxygens (including phenoxy) is 2. The van der Waals surface area contributed by atoms with Crippen molar-refractivity contribution in [3.05, 3.63) is 57.6 Å². The molecular formula is C54H90N4O2+4. The largest absolute Gasteiger partial charge is 0.704 e. The summed E-state index contributed by atoms with van der Waals surface area (Å²) >= 11 is 0. The molecule has 6 nitrogen and oxygen atoms in total. The number of fused-ring (bicyclic) bond motifs is 5. The molecule has 2 fully saturated rings. The second-order valence-corrected chi connectivity index (χ2v) is 21.7. The van der Waals surface area contributed by atoms with Gasteiger partial charge in [0, 0.05) is 18.4 Å². The summed E-state index contributed by atoms with van der Waals surface area (Å²) in [5.74, 6) is 2.02. The van der Waals surface area contributed by atoms with E-state index in [9.17, 15) is 0 Å². The Hall–Kier alpha value is -2.70. The highest BCUT2D eigenvalue weighted by molar-refractivity contribution is 5.85. The number of benzene rings is 2. The van der Waals surface area contributed by atoms with Crippen molar-refractivity contribution >= 4 is 12.4 Å². The SMILES string of the molecule is CCCCC(CCC[N+](CC)(CC)CC)(CCC[N+](CC)(CC)CC)c1cc2c(c(CC)c1)OC13Oc4c(cc(C(C)(C)C)cc4C(C)(C)C)C=[N+]1C1CCCCC1[N+]3=C2. The molecule has 0 aromatic heterocycles. The van der Waals surface area contributed by atoms with Crippen LogP contribution in [0.4, 0.5) is 0 Å². The van der Waals surface area contributed by atoms with Crippen LogP contribution in [0, 0.1) is 0 Å². The molecule has 0 N–H and O–H groups in total. The average Bonchev–Trinajstić information content (AvgIpc) is 3.51. The molecule has 334 valence electrons. The van der Waals surface area contributed by atoms with E-state index in [2.05, 4.69) is 143 Å². The van der Waals surface area contributed by atoms with Crippen LogP contribution in [-0.2, 0) is 22.7 Å². The average molecular weight is 827 g/mol. The molecule has 6 heteroatoms. The van der Waals surface area contributed by atoms with E-state index in [4.69, 9.17) is 9.47 Å². The first-order valence-electron chi connectivity index (χ1n) is 25.2. The van der Waals surface area contributed by atoms with Crippen molar-refractivity contribution in [3.8, 4) is 11.5 Å². The monoisotopic (exact) mass is 827 g/mol. The van der Waals surface area contributed by atoms with E-state index < -0.39 is 6.03 Å². The van der Waals surface area contributed by atoms with E-state index in [1.807, 2.05) is 0 Å². The Morgan fingerprint density at radius 3 is 1.50 bits per heavy atom. The minimum Gasteiger partial charge on any atom is -0.340 e. The number of hydrogen-bond acceptors (Lipinski definition) is 2. The van der Waals surface area contributed by atoms with Gasteiger partial charge in [0.05, 0.1) is 63.5 Å². The molecular weight excluding hydrogens is 737 g/mol. The van der Waals surface area contributed by atoms with Crippen LogP contribution in [0.1, 0.15) is 201 Å². The topological polar surface area (TPSA) is 24.5 Å². The summed E-state index contributed by atoms with van der Waals surface area (Å²) in [7, 11) is 0. The number of nitrogens with zero attached hydrogens (tertiary/aromatic N) is 4.